The van der Waals surface area contributed by atoms with Crippen molar-refractivity contribution in [2.45, 2.75) is 51.2 Å². The Kier molecular flexibility index (Phi) is 6.31. The Morgan fingerprint density at radius 1 is 1.27 bits per heavy atom. The highest BCUT2D eigenvalue weighted by atomic mass is 32.2. The van der Waals surface area contributed by atoms with Gasteiger partial charge in [-0.2, -0.15) is 0 Å². The standard InChI is InChI=1S/C17H21N3O4S2/c1-3-13-19-20-17(24-13)25-9-12(21)18-15-14(16(22)23-4-2)10-7-5-6-8-11(10)26-15/h3-9H2,1-2H3,(H,18,21). The van der Waals surface area contributed by atoms with Gasteiger partial charge in [0.25, 0.3) is 5.22 Å². The van der Waals surface area contributed by atoms with E-state index in [0.29, 0.717) is 34.7 Å². The molecule has 0 saturated carbocycles. The number of carbonyl (C=O) groups is 2. The number of fused-ring (bicyclic) bond motifs is 1. The smallest absolute Gasteiger partial charge is 0.341 e. The molecule has 1 aliphatic carbocycles. The number of hydrogen-bond donors (Lipinski definition) is 1. The number of rotatable bonds is 7. The molecule has 0 aliphatic heterocycles. The average molecular weight is 396 g/mol. The molecule has 0 unspecified atom stereocenters. The summed E-state index contributed by atoms with van der Waals surface area (Å²) in [5.74, 6) is 0.106. The molecule has 7 nitrogen and oxygen atoms in total. The Hall–Kier alpha value is -1.87. The first kappa shape index (κ1) is 18.9. The fourth-order valence-corrected chi connectivity index (χ4v) is 4.68. The van der Waals surface area contributed by atoms with Gasteiger partial charge in [-0.3, -0.25) is 4.79 Å². The maximum atomic E-state index is 12.4. The lowest BCUT2D eigenvalue weighted by Crippen LogP contribution is -2.17. The van der Waals surface area contributed by atoms with Gasteiger partial charge in [-0.25, -0.2) is 4.79 Å². The van der Waals surface area contributed by atoms with Crippen molar-refractivity contribution in [2.75, 3.05) is 17.7 Å². The molecular weight excluding hydrogens is 374 g/mol. The van der Waals surface area contributed by atoms with E-state index in [2.05, 4.69) is 15.5 Å². The third kappa shape index (κ3) is 4.27. The molecule has 0 radical (unpaired) electrons. The molecule has 1 N–H and O–H groups in total. The molecule has 140 valence electrons. The van der Waals surface area contributed by atoms with Gasteiger partial charge in [0.15, 0.2) is 0 Å². The second-order valence-electron chi connectivity index (χ2n) is 5.79. The average Bonchev–Trinajstić information content (AvgIpc) is 3.24. The Balaban J connectivity index is 1.70. The zero-order valence-corrected chi connectivity index (χ0v) is 16.4. The van der Waals surface area contributed by atoms with Gasteiger partial charge in [0.2, 0.25) is 11.8 Å². The summed E-state index contributed by atoms with van der Waals surface area (Å²) in [6.45, 7) is 4.01. The maximum absolute atomic E-state index is 12.4. The first-order chi connectivity index (χ1) is 12.6. The quantitative estimate of drug-likeness (QED) is 0.566. The number of thioether (sulfide) groups is 1. The van der Waals surface area contributed by atoms with Crippen LogP contribution in [-0.2, 0) is 28.8 Å². The predicted molar refractivity (Wildman–Crippen MR) is 99.9 cm³/mol. The van der Waals surface area contributed by atoms with Crippen LogP contribution in [0.2, 0.25) is 0 Å². The first-order valence-corrected chi connectivity index (χ1v) is 10.5. The summed E-state index contributed by atoms with van der Waals surface area (Å²) in [5, 5.41) is 11.6. The first-order valence-electron chi connectivity index (χ1n) is 8.69. The van der Waals surface area contributed by atoms with E-state index in [4.69, 9.17) is 9.15 Å². The minimum atomic E-state index is -0.362. The van der Waals surface area contributed by atoms with Crippen LogP contribution in [0, 0.1) is 0 Å². The summed E-state index contributed by atoms with van der Waals surface area (Å²) in [6.07, 6.45) is 4.61. The lowest BCUT2D eigenvalue weighted by molar-refractivity contribution is -0.113. The predicted octanol–water partition coefficient (Wildman–Crippen LogP) is 3.48. The highest BCUT2D eigenvalue weighted by Gasteiger charge is 2.27. The summed E-state index contributed by atoms with van der Waals surface area (Å²) < 4.78 is 10.6. The number of nitrogens with zero attached hydrogens (tertiary/aromatic N) is 2. The van der Waals surface area contributed by atoms with E-state index >= 15 is 0 Å². The van der Waals surface area contributed by atoms with E-state index < -0.39 is 0 Å². The molecule has 1 aliphatic rings. The van der Waals surface area contributed by atoms with E-state index in [0.717, 1.165) is 31.2 Å². The van der Waals surface area contributed by atoms with Crippen LogP contribution in [0.15, 0.2) is 9.64 Å². The number of thiophene rings is 1. The molecule has 0 bridgehead atoms. The van der Waals surface area contributed by atoms with Crippen LogP contribution in [0.4, 0.5) is 5.00 Å². The molecular formula is C17H21N3O4S2. The van der Waals surface area contributed by atoms with E-state index in [9.17, 15) is 9.59 Å². The number of anilines is 1. The van der Waals surface area contributed by atoms with Gasteiger partial charge in [0.05, 0.1) is 17.9 Å². The topological polar surface area (TPSA) is 94.3 Å². The number of hydrogen-bond acceptors (Lipinski definition) is 8. The van der Waals surface area contributed by atoms with Crippen molar-refractivity contribution in [3.63, 3.8) is 0 Å². The van der Waals surface area contributed by atoms with Crippen LogP contribution in [0.3, 0.4) is 0 Å². The molecule has 1 amide bonds. The second kappa shape index (κ2) is 8.68. The van der Waals surface area contributed by atoms with Crippen molar-refractivity contribution in [1.82, 2.24) is 10.2 Å². The van der Waals surface area contributed by atoms with Crippen LogP contribution >= 0.6 is 23.1 Å². The van der Waals surface area contributed by atoms with Crippen LogP contribution in [0.25, 0.3) is 0 Å². The molecule has 3 rings (SSSR count). The molecule has 0 spiro atoms. The molecule has 0 atom stereocenters. The molecule has 0 aromatic carbocycles. The number of carbonyl (C=O) groups excluding carboxylic acids is 2. The Morgan fingerprint density at radius 2 is 2.08 bits per heavy atom. The fourth-order valence-electron chi connectivity index (χ4n) is 2.80. The minimum Gasteiger partial charge on any atom is -0.462 e. The fraction of sp³-hybridized carbons (Fsp3) is 0.529. The van der Waals surface area contributed by atoms with Crippen LogP contribution in [0.5, 0.6) is 0 Å². The number of aromatic nitrogens is 2. The summed E-state index contributed by atoms with van der Waals surface area (Å²) >= 11 is 2.66. The lowest BCUT2D eigenvalue weighted by atomic mass is 9.95. The monoisotopic (exact) mass is 395 g/mol. The zero-order chi connectivity index (χ0) is 18.5. The van der Waals surface area contributed by atoms with Crippen LogP contribution < -0.4 is 5.32 Å². The SMILES string of the molecule is CCOC(=O)c1c(NC(=O)CSc2nnc(CC)o2)sc2c1CCCC2. The molecule has 2 aromatic rings. The van der Waals surface area contributed by atoms with E-state index in [-0.39, 0.29) is 17.6 Å². The molecule has 9 heteroatoms. The summed E-state index contributed by atoms with van der Waals surface area (Å²) in [4.78, 5) is 25.9. The van der Waals surface area contributed by atoms with Crippen molar-refractivity contribution < 1.29 is 18.7 Å². The van der Waals surface area contributed by atoms with Crippen molar-refractivity contribution >= 4 is 40.0 Å². The third-order valence-corrected chi connectivity index (χ3v) is 6.01. The summed E-state index contributed by atoms with van der Waals surface area (Å²) in [6, 6.07) is 0. The number of esters is 1. The Labute approximate surface area is 159 Å². The second-order valence-corrected chi connectivity index (χ2v) is 7.82. The van der Waals surface area contributed by atoms with Gasteiger partial charge in [0.1, 0.15) is 5.00 Å². The lowest BCUT2D eigenvalue weighted by Gasteiger charge is -2.12. The van der Waals surface area contributed by atoms with Crippen molar-refractivity contribution in [2.24, 2.45) is 0 Å². The number of nitrogens with one attached hydrogen (secondary N) is 1. The zero-order valence-electron chi connectivity index (χ0n) is 14.8. The van der Waals surface area contributed by atoms with E-state index in [1.54, 1.807) is 6.92 Å². The van der Waals surface area contributed by atoms with Gasteiger partial charge in [-0.1, -0.05) is 18.7 Å². The van der Waals surface area contributed by atoms with Crippen molar-refractivity contribution in [1.29, 1.82) is 0 Å². The Morgan fingerprint density at radius 3 is 2.81 bits per heavy atom. The van der Waals surface area contributed by atoms with E-state index in [1.165, 1.54) is 28.0 Å². The van der Waals surface area contributed by atoms with Crippen molar-refractivity contribution in [3.8, 4) is 0 Å². The molecule has 2 heterocycles. The van der Waals surface area contributed by atoms with Gasteiger partial charge in [0, 0.05) is 11.3 Å². The molecule has 26 heavy (non-hydrogen) atoms. The Bertz CT molecular complexity index is 800. The number of amides is 1. The highest BCUT2D eigenvalue weighted by Crippen LogP contribution is 2.38. The third-order valence-electron chi connectivity index (χ3n) is 3.98. The van der Waals surface area contributed by atoms with E-state index in [1.807, 2.05) is 6.92 Å². The normalized spacial score (nSPS) is 13.3. The van der Waals surface area contributed by atoms with Crippen LogP contribution in [-0.4, -0.2) is 34.4 Å². The summed E-state index contributed by atoms with van der Waals surface area (Å²) in [7, 11) is 0. The number of aryl methyl sites for hydroxylation is 2. The summed E-state index contributed by atoms with van der Waals surface area (Å²) in [5.41, 5.74) is 1.56. The molecule has 0 fully saturated rings. The highest BCUT2D eigenvalue weighted by molar-refractivity contribution is 7.99. The van der Waals surface area contributed by atoms with Crippen LogP contribution in [0.1, 0.15) is 53.4 Å². The van der Waals surface area contributed by atoms with Gasteiger partial charge in [-0.15, -0.1) is 21.5 Å². The van der Waals surface area contributed by atoms with Gasteiger partial charge in [-0.05, 0) is 38.2 Å². The minimum absolute atomic E-state index is 0.135. The number of ether oxygens (including phenoxy) is 1. The van der Waals surface area contributed by atoms with Gasteiger partial charge < -0.3 is 14.5 Å². The largest absolute Gasteiger partial charge is 0.462 e. The molecule has 0 saturated heterocycles. The van der Waals surface area contributed by atoms with Gasteiger partial charge >= 0.3 is 5.97 Å². The molecule has 2 aromatic heterocycles. The maximum Gasteiger partial charge on any atom is 0.341 e. The van der Waals surface area contributed by atoms with Crippen molar-refractivity contribution in [3.05, 3.63) is 21.9 Å².